The number of hydrogen-bond acceptors (Lipinski definition) is 3. The van der Waals surface area contributed by atoms with Crippen LogP contribution in [0.15, 0.2) is 24.3 Å². The van der Waals surface area contributed by atoms with E-state index in [1.54, 1.807) is 0 Å². The summed E-state index contributed by atoms with van der Waals surface area (Å²) < 4.78 is 31.3. The predicted molar refractivity (Wildman–Crippen MR) is 64.8 cm³/mol. The van der Waals surface area contributed by atoms with E-state index in [-0.39, 0.29) is 22.5 Å². The molecule has 4 nitrogen and oxygen atoms in total. The maximum Gasteiger partial charge on any atom is 0.341 e. The molecule has 100 valence electrons. The average Bonchev–Trinajstić information content (AvgIpc) is 2.35. The van der Waals surface area contributed by atoms with Crippen molar-refractivity contribution in [2.75, 3.05) is 7.11 Å². The first-order valence-corrected chi connectivity index (χ1v) is 5.43. The zero-order valence-electron chi connectivity index (χ0n) is 10.3. The zero-order chi connectivity index (χ0) is 14.2. The van der Waals surface area contributed by atoms with Gasteiger partial charge in [0.25, 0.3) is 5.92 Å². The molecule has 0 saturated carbocycles. The van der Waals surface area contributed by atoms with E-state index in [2.05, 4.69) is 4.98 Å². The number of halogens is 2. The molecule has 0 aliphatic carbocycles. The number of ether oxygens (including phenoxy) is 1. The minimum Gasteiger partial charge on any atom is -0.480 e. The summed E-state index contributed by atoms with van der Waals surface area (Å²) in [5, 5.41) is 9.46. The molecule has 1 heterocycles. The minimum absolute atomic E-state index is 0.100. The van der Waals surface area contributed by atoms with Crippen molar-refractivity contribution in [2.45, 2.75) is 12.8 Å². The number of carboxylic acids is 1. The number of alkyl halides is 2. The summed E-state index contributed by atoms with van der Waals surface area (Å²) in [5.74, 6) is -4.26. The third-order valence-corrected chi connectivity index (χ3v) is 2.71. The van der Waals surface area contributed by atoms with Gasteiger partial charge < -0.3 is 9.84 Å². The summed E-state index contributed by atoms with van der Waals surface area (Å²) >= 11 is 0. The highest BCUT2D eigenvalue weighted by molar-refractivity contribution is 5.95. The van der Waals surface area contributed by atoms with E-state index >= 15 is 0 Å². The Balaban J connectivity index is 2.68. The average molecular weight is 267 g/mol. The Hall–Kier alpha value is -2.24. The number of fused-ring (bicyclic) bond motifs is 1. The van der Waals surface area contributed by atoms with Crippen LogP contribution in [0.5, 0.6) is 5.88 Å². The van der Waals surface area contributed by atoms with Crippen LogP contribution in [0, 0.1) is 0 Å². The van der Waals surface area contributed by atoms with Crippen molar-refractivity contribution in [3.8, 4) is 5.88 Å². The standard InChI is InChI=1S/C13H11F2NO3/c1-13(14,15)8-4-3-7-5-9(12(17)18)11(19-2)16-10(7)6-8/h3-6H,1-2H3,(H,17,18). The summed E-state index contributed by atoms with van der Waals surface area (Å²) in [6, 6.07) is 5.24. The molecular formula is C13H11F2NO3. The molecule has 19 heavy (non-hydrogen) atoms. The summed E-state index contributed by atoms with van der Waals surface area (Å²) in [6.07, 6.45) is 0. The number of carboxylic acid groups (broad SMARTS) is 1. The molecule has 0 fully saturated rings. The Morgan fingerprint density at radius 3 is 2.58 bits per heavy atom. The summed E-state index contributed by atoms with van der Waals surface area (Å²) in [7, 11) is 1.28. The first-order valence-electron chi connectivity index (χ1n) is 5.43. The Kier molecular flexibility index (Phi) is 3.09. The number of aromatic nitrogens is 1. The Labute approximate surface area is 107 Å². The summed E-state index contributed by atoms with van der Waals surface area (Å²) in [6.45, 7) is 0.789. The lowest BCUT2D eigenvalue weighted by Gasteiger charge is -2.12. The lowest BCUT2D eigenvalue weighted by Crippen LogP contribution is -2.07. The van der Waals surface area contributed by atoms with E-state index in [1.807, 2.05) is 0 Å². The first-order chi connectivity index (χ1) is 8.82. The topological polar surface area (TPSA) is 59.4 Å². The molecule has 0 saturated heterocycles. The molecule has 0 aliphatic rings. The maximum absolute atomic E-state index is 13.2. The lowest BCUT2D eigenvalue weighted by molar-refractivity contribution is 0.0176. The third kappa shape index (κ3) is 2.47. The number of carbonyl (C=O) groups is 1. The van der Waals surface area contributed by atoms with E-state index in [9.17, 15) is 13.6 Å². The smallest absolute Gasteiger partial charge is 0.341 e. The van der Waals surface area contributed by atoms with Crippen molar-refractivity contribution in [3.63, 3.8) is 0 Å². The second-order valence-electron chi connectivity index (χ2n) is 4.15. The van der Waals surface area contributed by atoms with Gasteiger partial charge in [0, 0.05) is 17.9 Å². The van der Waals surface area contributed by atoms with E-state index in [4.69, 9.17) is 9.84 Å². The molecule has 1 aromatic heterocycles. The van der Waals surface area contributed by atoms with Crippen molar-refractivity contribution in [2.24, 2.45) is 0 Å². The van der Waals surface area contributed by atoms with Gasteiger partial charge >= 0.3 is 5.97 Å². The molecule has 6 heteroatoms. The second-order valence-corrected chi connectivity index (χ2v) is 4.15. The fourth-order valence-electron chi connectivity index (χ4n) is 1.73. The highest BCUT2D eigenvalue weighted by Gasteiger charge is 2.25. The monoisotopic (exact) mass is 267 g/mol. The van der Waals surface area contributed by atoms with Gasteiger partial charge in [0.1, 0.15) is 5.56 Å². The molecule has 0 bridgehead atoms. The van der Waals surface area contributed by atoms with E-state index in [0.29, 0.717) is 5.39 Å². The molecule has 1 N–H and O–H groups in total. The van der Waals surface area contributed by atoms with Gasteiger partial charge in [0.2, 0.25) is 5.88 Å². The van der Waals surface area contributed by atoms with Gasteiger partial charge in [-0.3, -0.25) is 0 Å². The normalized spacial score (nSPS) is 11.6. The third-order valence-electron chi connectivity index (χ3n) is 2.71. The van der Waals surface area contributed by atoms with Crippen molar-refractivity contribution < 1.29 is 23.4 Å². The predicted octanol–water partition coefficient (Wildman–Crippen LogP) is 3.05. The zero-order valence-corrected chi connectivity index (χ0v) is 10.3. The highest BCUT2D eigenvalue weighted by Crippen LogP contribution is 2.30. The van der Waals surface area contributed by atoms with Gasteiger partial charge in [-0.05, 0) is 12.1 Å². The quantitative estimate of drug-likeness (QED) is 0.928. The van der Waals surface area contributed by atoms with Gasteiger partial charge in [-0.1, -0.05) is 12.1 Å². The van der Waals surface area contributed by atoms with Crippen LogP contribution in [0.1, 0.15) is 22.8 Å². The number of pyridine rings is 1. The van der Waals surface area contributed by atoms with Crippen molar-refractivity contribution in [1.82, 2.24) is 4.98 Å². The van der Waals surface area contributed by atoms with Crippen LogP contribution in [-0.2, 0) is 5.92 Å². The molecule has 0 unspecified atom stereocenters. The van der Waals surface area contributed by atoms with Crippen molar-refractivity contribution >= 4 is 16.9 Å². The minimum atomic E-state index is -2.98. The number of aromatic carboxylic acids is 1. The molecule has 0 atom stereocenters. The molecule has 2 aromatic rings. The van der Waals surface area contributed by atoms with Crippen LogP contribution in [0.3, 0.4) is 0 Å². The molecule has 0 amide bonds. The van der Waals surface area contributed by atoms with Crippen LogP contribution in [0.2, 0.25) is 0 Å². The van der Waals surface area contributed by atoms with Crippen LogP contribution in [0.4, 0.5) is 8.78 Å². The molecule has 2 rings (SSSR count). The van der Waals surface area contributed by atoms with E-state index in [0.717, 1.165) is 6.92 Å². The first kappa shape index (κ1) is 13.2. The number of benzene rings is 1. The van der Waals surface area contributed by atoms with Gasteiger partial charge in [0.15, 0.2) is 0 Å². The maximum atomic E-state index is 13.2. The molecular weight excluding hydrogens is 256 g/mol. The van der Waals surface area contributed by atoms with Crippen LogP contribution < -0.4 is 4.74 Å². The van der Waals surface area contributed by atoms with Crippen LogP contribution in [0.25, 0.3) is 10.9 Å². The Bertz CT molecular complexity index is 650. The van der Waals surface area contributed by atoms with Crippen molar-refractivity contribution in [1.29, 1.82) is 0 Å². The van der Waals surface area contributed by atoms with E-state index in [1.165, 1.54) is 31.4 Å². The number of nitrogens with zero attached hydrogens (tertiary/aromatic N) is 1. The summed E-state index contributed by atoms with van der Waals surface area (Å²) in [5.41, 5.74) is -0.0236. The lowest BCUT2D eigenvalue weighted by atomic mass is 10.1. The largest absolute Gasteiger partial charge is 0.480 e. The van der Waals surface area contributed by atoms with Crippen LogP contribution in [-0.4, -0.2) is 23.2 Å². The second kappa shape index (κ2) is 4.46. The van der Waals surface area contributed by atoms with Gasteiger partial charge in [-0.25, -0.2) is 18.6 Å². The van der Waals surface area contributed by atoms with Gasteiger partial charge in [0.05, 0.1) is 12.6 Å². The molecule has 0 aliphatic heterocycles. The van der Waals surface area contributed by atoms with E-state index < -0.39 is 11.9 Å². The summed E-state index contributed by atoms with van der Waals surface area (Å²) in [4.78, 5) is 15.0. The Morgan fingerprint density at radius 2 is 2.05 bits per heavy atom. The molecule has 0 radical (unpaired) electrons. The number of methoxy groups -OCH3 is 1. The number of rotatable bonds is 3. The fourth-order valence-corrected chi connectivity index (χ4v) is 1.73. The number of hydrogen-bond donors (Lipinski definition) is 1. The Morgan fingerprint density at radius 1 is 1.37 bits per heavy atom. The van der Waals surface area contributed by atoms with Crippen LogP contribution >= 0.6 is 0 Å². The molecule has 0 spiro atoms. The van der Waals surface area contributed by atoms with Crippen molar-refractivity contribution in [3.05, 3.63) is 35.4 Å². The highest BCUT2D eigenvalue weighted by atomic mass is 19.3. The SMILES string of the molecule is COc1nc2cc(C(C)(F)F)ccc2cc1C(=O)O. The van der Waals surface area contributed by atoms with Gasteiger partial charge in [-0.15, -0.1) is 0 Å². The molecule has 1 aromatic carbocycles. The fraction of sp³-hybridized carbons (Fsp3) is 0.231. The van der Waals surface area contributed by atoms with Gasteiger partial charge in [-0.2, -0.15) is 0 Å².